The molecule has 2 aromatic rings. The van der Waals surface area contributed by atoms with Crippen molar-refractivity contribution < 1.29 is 69.4 Å². The van der Waals surface area contributed by atoms with Gasteiger partial charge in [0.05, 0.1) is 6.61 Å². The summed E-state index contributed by atoms with van der Waals surface area (Å²) in [5.41, 5.74) is -1.24. The van der Waals surface area contributed by atoms with Crippen LogP contribution >= 0.6 is 0 Å². The van der Waals surface area contributed by atoms with Crippen molar-refractivity contribution in [3.8, 4) is 23.0 Å². The summed E-state index contributed by atoms with van der Waals surface area (Å²) in [5, 5.41) is 78.8. The van der Waals surface area contributed by atoms with E-state index in [0.29, 0.717) is 5.56 Å². The Morgan fingerprint density at radius 1 is 0.976 bits per heavy atom. The topological polar surface area (TPSA) is 233 Å². The molecule has 8 N–H and O–H groups in total. The van der Waals surface area contributed by atoms with E-state index in [2.05, 4.69) is 0 Å². The van der Waals surface area contributed by atoms with Crippen molar-refractivity contribution in [2.75, 3.05) is 6.61 Å². The third kappa shape index (κ3) is 8.07. The summed E-state index contributed by atoms with van der Waals surface area (Å²) >= 11 is 0. The zero-order valence-corrected chi connectivity index (χ0v) is 22.0. The number of aliphatic hydroxyl groups excluding tert-OH is 4. The number of aromatic hydroxyl groups is 3. The zero-order valence-electron chi connectivity index (χ0n) is 22.0. The molecule has 0 spiro atoms. The number of hydrogen-bond acceptors (Lipinski definition) is 14. The molecule has 224 valence electrons. The van der Waals surface area contributed by atoms with Crippen molar-refractivity contribution in [1.82, 2.24) is 0 Å². The van der Waals surface area contributed by atoms with E-state index < -0.39 is 79.1 Å². The van der Waals surface area contributed by atoms with Crippen LogP contribution in [0.5, 0.6) is 23.0 Å². The van der Waals surface area contributed by atoms with E-state index in [1.807, 2.05) is 0 Å². The lowest BCUT2D eigenvalue weighted by Gasteiger charge is -2.39. The van der Waals surface area contributed by atoms with Crippen LogP contribution in [0.15, 0.2) is 42.5 Å². The molecule has 0 bridgehead atoms. The van der Waals surface area contributed by atoms with Gasteiger partial charge in [0, 0.05) is 6.08 Å². The van der Waals surface area contributed by atoms with Gasteiger partial charge in [-0.05, 0) is 55.3 Å². The minimum absolute atomic E-state index is 0.193. The van der Waals surface area contributed by atoms with Gasteiger partial charge in [0.15, 0.2) is 23.0 Å². The van der Waals surface area contributed by atoms with E-state index in [9.17, 15) is 50.4 Å². The Balaban J connectivity index is 1.61. The maximum absolute atomic E-state index is 12.7. The first-order valence-electron chi connectivity index (χ1n) is 12.3. The maximum Gasteiger partial charge on any atom is 0.350 e. The monoisotopic (exact) mass is 580 g/mol. The number of ether oxygens (including phenoxy) is 4. The lowest BCUT2D eigenvalue weighted by atomic mass is 9.99. The quantitative estimate of drug-likeness (QED) is 0.0998. The second-order valence-corrected chi connectivity index (χ2v) is 9.78. The molecule has 1 aliphatic heterocycles. The number of hydrogen-bond donors (Lipinski definition) is 8. The first kappa shape index (κ1) is 31.6. The third-order valence-corrected chi connectivity index (χ3v) is 6.00. The highest BCUT2D eigenvalue weighted by Gasteiger charge is 2.45. The van der Waals surface area contributed by atoms with Crippen molar-refractivity contribution in [2.24, 2.45) is 0 Å². The van der Waals surface area contributed by atoms with Gasteiger partial charge in [0.2, 0.25) is 12.4 Å². The predicted molar refractivity (Wildman–Crippen MR) is 137 cm³/mol. The standard InChI is InChI=1S/C27H32O14/c1-27(2,37)24(41-20(32)8-5-13-3-6-15(29)16(30)9-13)25(36)38-12-14-4-7-18(17(31)10-14)39-26-23(35)22(34)21(33)19(11-28)40-26/h3-10,19,21-24,26,28-31,33-35,37H,11-12H2,1-2H3/b8-5+/t19-,21-,22+,23-,24?,26-/m1/s1. The average molecular weight is 581 g/mol. The van der Waals surface area contributed by atoms with Gasteiger partial charge in [-0.15, -0.1) is 0 Å². The third-order valence-electron chi connectivity index (χ3n) is 6.00. The molecular formula is C27H32O14. The normalized spacial score (nSPS) is 23.6. The Labute approximate surface area is 233 Å². The minimum atomic E-state index is -1.84. The van der Waals surface area contributed by atoms with Crippen LogP contribution in [0.25, 0.3) is 6.08 Å². The minimum Gasteiger partial charge on any atom is -0.504 e. The Hall–Kier alpha value is -3.92. The van der Waals surface area contributed by atoms with Crippen LogP contribution in [0, 0.1) is 0 Å². The SMILES string of the molecule is CC(C)(O)C(OC(=O)/C=C/c1ccc(O)c(O)c1)C(=O)OCc1ccc(O[C@@H]2O[C@H](CO)[C@@H](O)[C@H](O)[C@H]2O)c(O)c1. The molecule has 0 saturated carbocycles. The van der Waals surface area contributed by atoms with Crippen LogP contribution in [0.3, 0.4) is 0 Å². The number of phenolic OH excluding ortho intramolecular Hbond substituents is 3. The van der Waals surface area contributed by atoms with Gasteiger partial charge in [0.25, 0.3) is 0 Å². The number of phenols is 3. The first-order valence-corrected chi connectivity index (χ1v) is 12.3. The molecule has 14 nitrogen and oxygen atoms in total. The van der Waals surface area contributed by atoms with Gasteiger partial charge in [-0.3, -0.25) is 0 Å². The Morgan fingerprint density at radius 2 is 1.68 bits per heavy atom. The second-order valence-electron chi connectivity index (χ2n) is 9.78. The van der Waals surface area contributed by atoms with E-state index in [4.69, 9.17) is 18.9 Å². The molecule has 0 aromatic heterocycles. The molecule has 0 aliphatic carbocycles. The number of carbonyl (C=O) groups is 2. The van der Waals surface area contributed by atoms with Gasteiger partial charge in [-0.25, -0.2) is 9.59 Å². The molecule has 1 unspecified atom stereocenters. The fourth-order valence-electron chi connectivity index (χ4n) is 3.72. The summed E-state index contributed by atoms with van der Waals surface area (Å²) in [4.78, 5) is 25.0. The molecule has 2 aromatic carbocycles. The van der Waals surface area contributed by atoms with E-state index in [0.717, 1.165) is 12.1 Å². The van der Waals surface area contributed by atoms with Crippen LogP contribution in [-0.2, 0) is 30.4 Å². The predicted octanol–water partition coefficient (Wildman–Crippen LogP) is -0.579. The molecular weight excluding hydrogens is 548 g/mol. The molecule has 1 aliphatic rings. The van der Waals surface area contributed by atoms with Crippen molar-refractivity contribution in [3.05, 3.63) is 53.6 Å². The van der Waals surface area contributed by atoms with Crippen LogP contribution in [-0.4, -0.2) is 102 Å². The fourth-order valence-corrected chi connectivity index (χ4v) is 3.72. The van der Waals surface area contributed by atoms with Gasteiger partial charge in [-0.1, -0.05) is 12.1 Å². The molecule has 14 heteroatoms. The lowest BCUT2D eigenvalue weighted by molar-refractivity contribution is -0.277. The fraction of sp³-hybridized carbons (Fsp3) is 0.407. The smallest absolute Gasteiger partial charge is 0.350 e. The molecule has 41 heavy (non-hydrogen) atoms. The number of carbonyl (C=O) groups excluding carboxylic acids is 2. The van der Waals surface area contributed by atoms with Crippen molar-refractivity contribution in [2.45, 2.75) is 62.9 Å². The second kappa shape index (κ2) is 13.2. The van der Waals surface area contributed by atoms with Crippen molar-refractivity contribution in [3.63, 3.8) is 0 Å². The van der Waals surface area contributed by atoms with Crippen LogP contribution in [0.2, 0.25) is 0 Å². The van der Waals surface area contributed by atoms with E-state index in [1.165, 1.54) is 50.3 Å². The highest BCUT2D eigenvalue weighted by molar-refractivity contribution is 5.89. The molecule has 6 atom stereocenters. The molecule has 3 rings (SSSR count). The van der Waals surface area contributed by atoms with Crippen molar-refractivity contribution >= 4 is 18.0 Å². The molecule has 0 amide bonds. The van der Waals surface area contributed by atoms with Crippen LogP contribution in [0.4, 0.5) is 0 Å². The van der Waals surface area contributed by atoms with Gasteiger partial charge in [-0.2, -0.15) is 0 Å². The highest BCUT2D eigenvalue weighted by atomic mass is 16.7. The number of aliphatic hydroxyl groups is 5. The van der Waals surface area contributed by atoms with E-state index in [-0.39, 0.29) is 17.1 Å². The zero-order chi connectivity index (χ0) is 30.5. The van der Waals surface area contributed by atoms with Gasteiger partial charge >= 0.3 is 11.9 Å². The Kier molecular flexibility index (Phi) is 10.1. The summed E-state index contributed by atoms with van der Waals surface area (Å²) in [7, 11) is 0. The maximum atomic E-state index is 12.7. The largest absolute Gasteiger partial charge is 0.504 e. The van der Waals surface area contributed by atoms with Gasteiger partial charge < -0.3 is 59.8 Å². The summed E-state index contributed by atoms with van der Waals surface area (Å²) in [5.74, 6) is -3.51. The summed E-state index contributed by atoms with van der Waals surface area (Å²) in [6, 6.07) is 7.61. The average Bonchev–Trinajstić information content (AvgIpc) is 2.91. The molecule has 1 fully saturated rings. The van der Waals surface area contributed by atoms with Crippen LogP contribution < -0.4 is 4.74 Å². The molecule has 1 heterocycles. The number of rotatable bonds is 10. The summed E-state index contributed by atoms with van der Waals surface area (Å²) in [6.07, 6.45) is -7.24. The highest BCUT2D eigenvalue weighted by Crippen LogP contribution is 2.31. The lowest BCUT2D eigenvalue weighted by Crippen LogP contribution is -2.60. The Morgan fingerprint density at radius 3 is 2.29 bits per heavy atom. The van der Waals surface area contributed by atoms with E-state index >= 15 is 0 Å². The summed E-state index contributed by atoms with van der Waals surface area (Å²) < 4.78 is 20.9. The van der Waals surface area contributed by atoms with Gasteiger partial charge in [0.1, 0.15) is 36.6 Å². The van der Waals surface area contributed by atoms with E-state index in [1.54, 1.807) is 0 Å². The summed E-state index contributed by atoms with van der Waals surface area (Å²) in [6.45, 7) is 1.37. The Bertz CT molecular complexity index is 1250. The molecule has 1 saturated heterocycles. The molecule has 0 radical (unpaired) electrons. The first-order chi connectivity index (χ1) is 19.2. The number of benzene rings is 2. The number of esters is 2. The van der Waals surface area contributed by atoms with Crippen molar-refractivity contribution in [1.29, 1.82) is 0 Å². The van der Waals surface area contributed by atoms with Crippen LogP contribution in [0.1, 0.15) is 25.0 Å².